The SMILES string of the molecule is CC1=C(c2ccccc2)C2C(=O)N=C(c3ccccn3)CC2S1.CCN(CC)C(=O)c1sc2c(c1C)C(=O)N=C(c1ccccn1)C2.Cc1cc2c(s1)CC(c1cc(OCC(F)F)ccn1)=NC2=O.O=C1N=C(c2ccccn2)Cc2scc(-c3ccccc3Cl)c21.O=C1N=C(c2ccccn2)Cc2scc(-c3cccs3)c21. The van der Waals surface area contributed by atoms with Crippen LogP contribution in [-0.2, 0) is 30.5 Å². The van der Waals surface area contributed by atoms with Gasteiger partial charge in [-0.15, -0.1) is 68.4 Å². The number of amides is 6. The summed E-state index contributed by atoms with van der Waals surface area (Å²) in [7, 11) is 0. The van der Waals surface area contributed by atoms with E-state index in [1.54, 1.807) is 86.8 Å². The molecule has 0 spiro atoms. The predicted molar refractivity (Wildman–Crippen MR) is 449 cm³/mol. The van der Waals surface area contributed by atoms with Crippen molar-refractivity contribution in [2.24, 2.45) is 30.9 Å². The van der Waals surface area contributed by atoms with E-state index >= 15 is 0 Å². The van der Waals surface area contributed by atoms with Gasteiger partial charge in [-0.25, -0.2) is 33.7 Å². The Morgan fingerprint density at radius 1 is 0.513 bits per heavy atom. The number of carbonyl (C=O) groups excluding carboxylic acids is 6. The first-order chi connectivity index (χ1) is 54.9. The van der Waals surface area contributed by atoms with Crippen LogP contribution >= 0.6 is 80.0 Å². The van der Waals surface area contributed by atoms with E-state index in [0.29, 0.717) is 88.2 Å². The molecule has 2 aromatic carbocycles. The van der Waals surface area contributed by atoms with Crippen molar-refractivity contribution in [2.45, 2.75) is 78.4 Å². The van der Waals surface area contributed by atoms with E-state index in [4.69, 9.17) is 16.3 Å². The first-order valence-electron chi connectivity index (χ1n) is 35.9. The molecule has 0 bridgehead atoms. The number of hydrogen-bond acceptors (Lipinski definition) is 18. The summed E-state index contributed by atoms with van der Waals surface area (Å²) >= 11 is 15.9. The van der Waals surface area contributed by atoms with E-state index in [1.807, 2.05) is 172 Å². The minimum absolute atomic E-state index is 0.0101. The normalized spacial score (nSPS) is 15.8. The third-order valence-electron chi connectivity index (χ3n) is 18.8. The highest BCUT2D eigenvalue weighted by atomic mass is 35.5. The van der Waals surface area contributed by atoms with Gasteiger partial charge in [-0.3, -0.25) is 53.7 Å². The van der Waals surface area contributed by atoms with E-state index < -0.39 is 13.0 Å². The van der Waals surface area contributed by atoms with Gasteiger partial charge in [0.1, 0.15) is 12.4 Å². The second-order valence-electron chi connectivity index (χ2n) is 26.0. The van der Waals surface area contributed by atoms with Gasteiger partial charge >= 0.3 is 0 Å². The second-order valence-corrected chi connectivity index (χ2v) is 33.2. The Bertz CT molecular complexity index is 5800. The van der Waals surface area contributed by atoms with Crippen LogP contribution in [0.1, 0.15) is 142 Å². The number of allylic oxidation sites excluding steroid dienone is 1. The lowest BCUT2D eigenvalue weighted by Gasteiger charge is -2.24. The van der Waals surface area contributed by atoms with Crippen LogP contribution in [-0.4, -0.2) is 125 Å². The summed E-state index contributed by atoms with van der Waals surface area (Å²) in [6.07, 6.45) is 8.90. The third kappa shape index (κ3) is 17.7. The number of halogens is 3. The Kier molecular flexibility index (Phi) is 24.8. The van der Waals surface area contributed by atoms with Crippen molar-refractivity contribution in [3.63, 3.8) is 0 Å². The number of aliphatic imine (C=N–C) groups is 5. The number of thiophene rings is 5. The molecule has 2 atom stereocenters. The van der Waals surface area contributed by atoms with Gasteiger partial charge in [-0.1, -0.05) is 90.5 Å². The summed E-state index contributed by atoms with van der Waals surface area (Å²) in [5.74, 6) is -0.826. The predicted octanol–water partition coefficient (Wildman–Crippen LogP) is 19.1. The molecule has 2 unspecified atom stereocenters. The van der Waals surface area contributed by atoms with Crippen LogP contribution in [0.15, 0.2) is 235 Å². The van der Waals surface area contributed by atoms with Crippen molar-refractivity contribution < 1.29 is 42.3 Å². The number of benzene rings is 2. The first kappa shape index (κ1) is 78.6. The van der Waals surface area contributed by atoms with Gasteiger partial charge in [0.05, 0.1) is 90.1 Å². The number of rotatable bonds is 14. The average Bonchev–Trinajstić information content (AvgIpc) is 1.52. The summed E-state index contributed by atoms with van der Waals surface area (Å²) in [4.78, 5) is 127. The smallest absolute Gasteiger partial charge is 0.279 e. The highest BCUT2D eigenvalue weighted by Gasteiger charge is 2.43. The molecular weight excluding hydrogens is 1560 g/mol. The molecule has 0 saturated heterocycles. The third-order valence-corrected chi connectivity index (χ3v) is 25.7. The topological polar surface area (TPSA) is 241 Å². The van der Waals surface area contributed by atoms with Crippen LogP contribution in [0.2, 0.25) is 5.02 Å². The number of aromatic nitrogens is 5. The number of alkyl halides is 2. The highest BCUT2D eigenvalue weighted by molar-refractivity contribution is 8.04. The van der Waals surface area contributed by atoms with Gasteiger partial charge in [0.25, 0.3) is 41.9 Å². The molecule has 0 N–H and O–H groups in total. The summed E-state index contributed by atoms with van der Waals surface area (Å²) in [6.45, 7) is 10.4. The number of hydrogen-bond donors (Lipinski definition) is 0. The highest BCUT2D eigenvalue weighted by Crippen LogP contribution is 2.51. The van der Waals surface area contributed by atoms with Crippen LogP contribution in [0.3, 0.4) is 0 Å². The molecule has 16 heterocycles. The van der Waals surface area contributed by atoms with Gasteiger partial charge in [0.2, 0.25) is 0 Å². The van der Waals surface area contributed by atoms with Gasteiger partial charge in [0.15, 0.2) is 0 Å². The van der Waals surface area contributed by atoms with Gasteiger partial charge in [-0.2, -0.15) is 0 Å². The van der Waals surface area contributed by atoms with E-state index in [1.165, 1.54) is 34.6 Å². The standard InChI is InChI=1S/C19H16N2OS.C18H11ClN2OS.C18H19N3O2S.C16H10N2OS2.C15H12F2N2O2S/c1-12-17(13-7-3-2-4-8-13)18-16(23-12)11-15(21-19(18)22)14-9-5-6-10-20-14;19-13-6-2-1-5-11(13)12-10-23-16-9-15(21-18(22)17(12)16)14-7-3-4-8-20-14;1-4-21(5-2)18(23)16-11(3)15-14(24-16)10-13(20-17(15)22)12-8-6-7-9-19-12;19-16-15-10(13-5-3-7-20-13)9-21-14(15)8-12(18-16)11-4-1-2-6-17-11;1-8-4-10-13(22-8)6-12(19-15(10)20)11-5-9(2-3-18-11)21-7-14(16)17/h2-10,16,18H,11H2,1H3;1-8,10H,9H2;6-9H,4-5,10H2,1-3H3;1-7,9H,8H2;2-5,14H,6-7H2,1H3. The Morgan fingerprint density at radius 2 is 1.04 bits per heavy atom. The molecule has 0 aliphatic carbocycles. The molecule has 0 saturated carbocycles. The Morgan fingerprint density at radius 3 is 1.60 bits per heavy atom. The molecule has 6 amide bonds. The maximum atomic E-state index is 12.7. The van der Waals surface area contributed by atoms with Gasteiger partial charge in [0, 0.05) is 144 Å². The van der Waals surface area contributed by atoms with E-state index in [9.17, 15) is 37.5 Å². The number of carbonyl (C=O) groups is 6. The molecular formula is C86H68ClF2N11O7S6. The summed E-state index contributed by atoms with van der Waals surface area (Å²) in [5.41, 5.74) is 15.4. The van der Waals surface area contributed by atoms with E-state index in [-0.39, 0.29) is 52.4 Å². The number of thioether (sulfide) groups is 1. The lowest BCUT2D eigenvalue weighted by Crippen LogP contribution is -2.31. The fourth-order valence-corrected chi connectivity index (χ4v) is 20.5. The first-order valence-corrected chi connectivity index (χ1v) is 41.5. The number of fused-ring (bicyclic) bond motifs is 5. The molecule has 0 fully saturated rings. The quantitative estimate of drug-likeness (QED) is 0.0985. The number of aryl methyl sites for hydroxylation is 1. The number of ether oxygens (including phenoxy) is 1. The molecule has 10 aromatic heterocycles. The second kappa shape index (κ2) is 35.7. The largest absolute Gasteiger partial charge is 0.488 e. The molecule has 18 rings (SSSR count). The van der Waals surface area contributed by atoms with E-state index in [0.717, 1.165) is 109 Å². The minimum atomic E-state index is -2.54. The minimum Gasteiger partial charge on any atom is -0.488 e. The monoisotopic (exact) mass is 1630 g/mol. The van der Waals surface area contributed by atoms with Gasteiger partial charge in [-0.05, 0) is 140 Å². The molecule has 18 nitrogen and oxygen atoms in total. The lowest BCUT2D eigenvalue weighted by atomic mass is 9.85. The number of pyridine rings is 5. The Hall–Kier alpha value is -11.1. The zero-order valence-corrected chi connectivity index (χ0v) is 67.0. The van der Waals surface area contributed by atoms with Crippen LogP contribution in [0, 0.1) is 19.8 Å². The summed E-state index contributed by atoms with van der Waals surface area (Å²) in [5, 5.41) is 6.94. The molecule has 6 aliphatic heterocycles. The Labute approximate surface area is 678 Å². The van der Waals surface area contributed by atoms with Crippen molar-refractivity contribution in [3.8, 4) is 27.3 Å². The fraction of sp³-hybridized carbons (Fsp3) is 0.186. The van der Waals surface area contributed by atoms with Crippen molar-refractivity contribution in [3.05, 3.63) is 306 Å². The molecule has 12 aromatic rings. The van der Waals surface area contributed by atoms with Crippen LogP contribution in [0.4, 0.5) is 8.78 Å². The zero-order valence-electron chi connectivity index (χ0n) is 61.4. The van der Waals surface area contributed by atoms with Crippen molar-refractivity contribution in [1.29, 1.82) is 0 Å². The fourth-order valence-electron chi connectivity index (χ4n) is 13.6. The van der Waals surface area contributed by atoms with Crippen LogP contribution < -0.4 is 4.74 Å². The number of nitrogens with zero attached hydrogens (tertiary/aromatic N) is 11. The molecule has 6 aliphatic rings. The molecule has 566 valence electrons. The maximum Gasteiger partial charge on any atom is 0.279 e. The molecule has 113 heavy (non-hydrogen) atoms. The zero-order chi connectivity index (χ0) is 78.8. The van der Waals surface area contributed by atoms with Crippen molar-refractivity contribution in [1.82, 2.24) is 29.8 Å². The maximum absolute atomic E-state index is 12.7. The van der Waals surface area contributed by atoms with Crippen molar-refractivity contribution in [2.75, 3.05) is 19.7 Å². The summed E-state index contributed by atoms with van der Waals surface area (Å²) in [6, 6.07) is 49.2. The van der Waals surface area contributed by atoms with Crippen molar-refractivity contribution >= 4 is 150 Å². The molecule has 0 radical (unpaired) electrons. The van der Waals surface area contributed by atoms with Crippen LogP contribution in [0.25, 0.3) is 27.1 Å². The van der Waals surface area contributed by atoms with E-state index in [2.05, 4.69) is 74.3 Å². The Balaban J connectivity index is 0.000000117. The van der Waals surface area contributed by atoms with Gasteiger partial charge < -0.3 is 9.64 Å². The lowest BCUT2D eigenvalue weighted by molar-refractivity contribution is -0.120. The summed E-state index contributed by atoms with van der Waals surface area (Å²) < 4.78 is 29.3. The molecule has 27 heteroatoms. The van der Waals surface area contributed by atoms with Crippen LogP contribution in [0.5, 0.6) is 5.75 Å². The average molecular weight is 1630 g/mol.